The van der Waals surface area contributed by atoms with E-state index in [2.05, 4.69) is 116 Å². The summed E-state index contributed by atoms with van der Waals surface area (Å²) in [5, 5.41) is 7.40. The first-order chi connectivity index (χ1) is 19.1. The van der Waals surface area contributed by atoms with Crippen molar-refractivity contribution < 1.29 is 0 Å². The van der Waals surface area contributed by atoms with Crippen molar-refractivity contribution in [2.45, 2.75) is 13.8 Å². The molecule has 8 rings (SSSR count). The Hall–Kier alpha value is -4.60. The average molecular weight is 517 g/mol. The SMILES string of the molecule is Cc1ccc2sc3c(-c4cccc(-c5ccc6c(c5)c5ccccc5c5nccnc65)c4)cc(C)cc3c2c1. The Morgan fingerprint density at radius 2 is 1.21 bits per heavy atom. The van der Waals surface area contributed by atoms with Crippen LogP contribution in [0.25, 0.3) is 75.0 Å². The minimum absolute atomic E-state index is 0.952. The Kier molecular flexibility index (Phi) is 4.85. The highest BCUT2D eigenvalue weighted by atomic mass is 32.1. The number of hydrogen-bond acceptors (Lipinski definition) is 3. The largest absolute Gasteiger partial charge is 0.252 e. The van der Waals surface area contributed by atoms with E-state index < -0.39 is 0 Å². The number of aromatic nitrogens is 2. The van der Waals surface area contributed by atoms with E-state index in [1.54, 1.807) is 12.4 Å². The van der Waals surface area contributed by atoms with Crippen LogP contribution in [0.1, 0.15) is 11.1 Å². The molecule has 0 saturated carbocycles. The molecule has 0 amide bonds. The molecule has 2 nitrogen and oxygen atoms in total. The Morgan fingerprint density at radius 3 is 2.05 bits per heavy atom. The fraction of sp³-hybridized carbons (Fsp3) is 0.0556. The maximum Gasteiger partial charge on any atom is 0.0971 e. The van der Waals surface area contributed by atoms with Gasteiger partial charge in [0.1, 0.15) is 0 Å². The second-order valence-electron chi connectivity index (χ2n) is 10.4. The van der Waals surface area contributed by atoms with Gasteiger partial charge in [-0.3, -0.25) is 9.97 Å². The van der Waals surface area contributed by atoms with Gasteiger partial charge in [-0.25, -0.2) is 0 Å². The van der Waals surface area contributed by atoms with Crippen LogP contribution in [-0.2, 0) is 0 Å². The van der Waals surface area contributed by atoms with Gasteiger partial charge in [0.2, 0.25) is 0 Å². The lowest BCUT2D eigenvalue weighted by molar-refractivity contribution is 1.31. The van der Waals surface area contributed by atoms with Crippen molar-refractivity contribution in [3.63, 3.8) is 0 Å². The zero-order chi connectivity index (χ0) is 26.1. The number of benzene rings is 6. The molecule has 0 aliphatic carbocycles. The molecule has 184 valence electrons. The highest BCUT2D eigenvalue weighted by Gasteiger charge is 2.14. The van der Waals surface area contributed by atoms with Crippen LogP contribution in [-0.4, -0.2) is 9.97 Å². The first-order valence-corrected chi connectivity index (χ1v) is 14.1. The molecule has 0 fully saturated rings. The van der Waals surface area contributed by atoms with Crippen molar-refractivity contribution in [3.8, 4) is 22.3 Å². The number of aryl methyl sites for hydroxylation is 2. The number of rotatable bonds is 2. The van der Waals surface area contributed by atoms with E-state index in [4.69, 9.17) is 4.98 Å². The third kappa shape index (κ3) is 3.47. The van der Waals surface area contributed by atoms with E-state index in [1.807, 2.05) is 11.3 Å². The fourth-order valence-electron chi connectivity index (χ4n) is 6.03. The molecule has 0 aliphatic rings. The number of hydrogen-bond donors (Lipinski definition) is 0. The van der Waals surface area contributed by atoms with E-state index in [1.165, 1.54) is 64.3 Å². The number of nitrogens with zero attached hydrogens (tertiary/aromatic N) is 2. The lowest BCUT2D eigenvalue weighted by Gasteiger charge is -2.12. The predicted octanol–water partition coefficient (Wildman–Crippen LogP) is 10.3. The molecule has 0 bridgehead atoms. The maximum atomic E-state index is 4.71. The Balaban J connectivity index is 1.34. The Labute approximate surface area is 230 Å². The molecule has 0 spiro atoms. The molecular formula is C36H24N2S. The van der Waals surface area contributed by atoms with Gasteiger partial charge in [0.15, 0.2) is 0 Å². The van der Waals surface area contributed by atoms with Crippen LogP contribution in [0.5, 0.6) is 0 Å². The van der Waals surface area contributed by atoms with Crippen molar-refractivity contribution in [1.29, 1.82) is 0 Å². The lowest BCUT2D eigenvalue weighted by Crippen LogP contribution is -1.89. The quantitative estimate of drug-likeness (QED) is 0.214. The van der Waals surface area contributed by atoms with Crippen molar-refractivity contribution in [3.05, 3.63) is 121 Å². The highest BCUT2D eigenvalue weighted by Crippen LogP contribution is 2.42. The van der Waals surface area contributed by atoms with Gasteiger partial charge < -0.3 is 0 Å². The van der Waals surface area contributed by atoms with Crippen molar-refractivity contribution in [2.24, 2.45) is 0 Å². The van der Waals surface area contributed by atoms with Gasteiger partial charge in [-0.2, -0.15) is 0 Å². The summed E-state index contributed by atoms with van der Waals surface area (Å²) in [6.07, 6.45) is 3.56. The van der Waals surface area contributed by atoms with E-state index in [0.29, 0.717) is 0 Å². The van der Waals surface area contributed by atoms with E-state index >= 15 is 0 Å². The summed E-state index contributed by atoms with van der Waals surface area (Å²) in [6.45, 7) is 4.37. The summed E-state index contributed by atoms with van der Waals surface area (Å²) in [4.78, 5) is 9.39. The Bertz CT molecular complexity index is 2220. The van der Waals surface area contributed by atoms with Crippen LogP contribution < -0.4 is 0 Å². The highest BCUT2D eigenvalue weighted by molar-refractivity contribution is 7.26. The zero-order valence-corrected chi connectivity index (χ0v) is 22.5. The summed E-state index contributed by atoms with van der Waals surface area (Å²) in [7, 11) is 0. The first kappa shape index (κ1) is 22.4. The van der Waals surface area contributed by atoms with E-state index in [0.717, 1.165) is 21.8 Å². The van der Waals surface area contributed by atoms with Crippen LogP contribution in [0.4, 0.5) is 0 Å². The summed E-state index contributed by atoms with van der Waals surface area (Å²) in [5.74, 6) is 0. The lowest BCUT2D eigenvalue weighted by atomic mass is 9.93. The van der Waals surface area contributed by atoms with Crippen molar-refractivity contribution in [2.75, 3.05) is 0 Å². The van der Waals surface area contributed by atoms with Crippen molar-refractivity contribution in [1.82, 2.24) is 9.97 Å². The fourth-order valence-corrected chi connectivity index (χ4v) is 7.23. The second kappa shape index (κ2) is 8.45. The van der Waals surface area contributed by atoms with Gasteiger partial charge in [0, 0.05) is 43.3 Å². The smallest absolute Gasteiger partial charge is 0.0971 e. The van der Waals surface area contributed by atoms with Crippen LogP contribution in [0, 0.1) is 13.8 Å². The normalized spacial score (nSPS) is 11.8. The van der Waals surface area contributed by atoms with Gasteiger partial charge in [-0.05, 0) is 88.8 Å². The minimum Gasteiger partial charge on any atom is -0.252 e. The molecule has 0 radical (unpaired) electrons. The van der Waals surface area contributed by atoms with Gasteiger partial charge in [-0.1, -0.05) is 66.2 Å². The molecule has 0 saturated heterocycles. The van der Waals surface area contributed by atoms with Crippen LogP contribution in [0.15, 0.2) is 109 Å². The molecule has 2 aromatic heterocycles. The van der Waals surface area contributed by atoms with Gasteiger partial charge >= 0.3 is 0 Å². The molecule has 0 aliphatic heterocycles. The summed E-state index contributed by atoms with van der Waals surface area (Å²) in [5.41, 5.74) is 9.46. The van der Waals surface area contributed by atoms with Crippen LogP contribution in [0.2, 0.25) is 0 Å². The second-order valence-corrected chi connectivity index (χ2v) is 11.5. The van der Waals surface area contributed by atoms with Gasteiger partial charge in [-0.15, -0.1) is 11.3 Å². The monoisotopic (exact) mass is 516 g/mol. The molecular weight excluding hydrogens is 492 g/mol. The summed E-state index contributed by atoms with van der Waals surface area (Å²) in [6, 6.07) is 35.7. The van der Waals surface area contributed by atoms with E-state index in [-0.39, 0.29) is 0 Å². The molecule has 3 heteroatoms. The number of fused-ring (bicyclic) bond motifs is 9. The number of thiophene rings is 1. The molecule has 6 aromatic carbocycles. The van der Waals surface area contributed by atoms with Crippen molar-refractivity contribution >= 4 is 64.1 Å². The zero-order valence-electron chi connectivity index (χ0n) is 21.7. The molecule has 39 heavy (non-hydrogen) atoms. The van der Waals surface area contributed by atoms with Crippen LogP contribution >= 0.6 is 11.3 Å². The predicted molar refractivity (Wildman–Crippen MR) is 168 cm³/mol. The van der Waals surface area contributed by atoms with Gasteiger partial charge in [0.05, 0.1) is 11.0 Å². The molecule has 2 heterocycles. The van der Waals surface area contributed by atoms with E-state index in [9.17, 15) is 0 Å². The molecule has 0 unspecified atom stereocenters. The minimum atomic E-state index is 0.952. The third-order valence-electron chi connectivity index (χ3n) is 7.82. The third-order valence-corrected chi connectivity index (χ3v) is 9.04. The standard InChI is InChI=1S/C36H24N2S/c1-21-10-13-33-31(16-21)32-18-22(2)17-29(36(32)39-33)25-7-5-6-23(19-25)24-11-12-28-30(20-24)26-8-3-4-9-27(26)34-35(28)38-15-14-37-34/h3-20H,1-2H3. The molecule has 8 aromatic rings. The maximum absolute atomic E-state index is 4.71. The topological polar surface area (TPSA) is 25.8 Å². The molecule has 0 N–H and O–H groups in total. The Morgan fingerprint density at radius 1 is 0.487 bits per heavy atom. The average Bonchev–Trinajstić information content (AvgIpc) is 3.34. The molecule has 0 atom stereocenters. The van der Waals surface area contributed by atoms with Crippen LogP contribution in [0.3, 0.4) is 0 Å². The van der Waals surface area contributed by atoms with Gasteiger partial charge in [0.25, 0.3) is 0 Å². The summed E-state index contributed by atoms with van der Waals surface area (Å²) < 4.78 is 2.70. The summed E-state index contributed by atoms with van der Waals surface area (Å²) >= 11 is 1.89. The first-order valence-electron chi connectivity index (χ1n) is 13.2.